The third-order valence-electron chi connectivity index (χ3n) is 5.16. The lowest BCUT2D eigenvalue weighted by atomic mass is 10.2. The summed E-state index contributed by atoms with van der Waals surface area (Å²) in [4.78, 5) is 2.99. The Morgan fingerprint density at radius 1 is 0.967 bits per heavy atom. The van der Waals surface area contributed by atoms with Gasteiger partial charge in [-0.15, -0.1) is 0 Å². The second kappa shape index (κ2) is 10.7. The summed E-state index contributed by atoms with van der Waals surface area (Å²) in [5, 5.41) is 0. The van der Waals surface area contributed by atoms with Gasteiger partial charge in [-0.1, -0.05) is 27.2 Å². The Morgan fingerprint density at radius 2 is 1.73 bits per heavy atom. The first kappa shape index (κ1) is 22.4. The van der Waals surface area contributed by atoms with Crippen molar-refractivity contribution in [1.82, 2.24) is 4.31 Å². The number of benzene rings is 2. The number of ether oxygens (including phenoxy) is 3. The third kappa shape index (κ3) is 5.08. The molecule has 0 radical (unpaired) electrons. The van der Waals surface area contributed by atoms with Gasteiger partial charge in [-0.25, -0.2) is 8.51 Å². The van der Waals surface area contributed by atoms with Crippen molar-refractivity contribution >= 4 is 16.7 Å². The van der Waals surface area contributed by atoms with E-state index in [0.717, 1.165) is 31.6 Å². The van der Waals surface area contributed by atoms with Crippen molar-refractivity contribution in [3.05, 3.63) is 36.4 Å². The molecule has 1 aliphatic heterocycles. The summed E-state index contributed by atoms with van der Waals surface area (Å²) >= 11 is 0. The molecule has 2 aromatic carbocycles. The quantitative estimate of drug-likeness (QED) is 0.489. The molecule has 0 bridgehead atoms. The number of hydrogen-bond acceptors (Lipinski definition) is 5. The van der Waals surface area contributed by atoms with Crippen molar-refractivity contribution in [3.8, 4) is 23.0 Å². The summed E-state index contributed by atoms with van der Waals surface area (Å²) < 4.78 is 32.3. The minimum atomic E-state index is -1.30. The van der Waals surface area contributed by atoms with Crippen LogP contribution in [0.3, 0.4) is 0 Å². The van der Waals surface area contributed by atoms with Crippen LogP contribution in [0, 0.1) is 0 Å². The first-order valence-electron chi connectivity index (χ1n) is 10.7. The van der Waals surface area contributed by atoms with Gasteiger partial charge in [0, 0.05) is 44.0 Å². The van der Waals surface area contributed by atoms with E-state index >= 15 is 0 Å². The smallest absolute Gasteiger partial charge is 0.231 e. The van der Waals surface area contributed by atoms with E-state index in [9.17, 15) is 4.21 Å². The van der Waals surface area contributed by atoms with Crippen molar-refractivity contribution in [3.63, 3.8) is 0 Å². The molecule has 0 amide bonds. The Kier molecular flexibility index (Phi) is 7.99. The van der Waals surface area contributed by atoms with E-state index in [4.69, 9.17) is 14.2 Å². The molecule has 2 aromatic rings. The van der Waals surface area contributed by atoms with Crippen LogP contribution < -0.4 is 19.1 Å². The van der Waals surface area contributed by atoms with Gasteiger partial charge in [0.25, 0.3) is 0 Å². The van der Waals surface area contributed by atoms with Crippen molar-refractivity contribution in [2.24, 2.45) is 0 Å². The maximum Gasteiger partial charge on any atom is 0.231 e. The van der Waals surface area contributed by atoms with Gasteiger partial charge in [-0.3, -0.25) is 0 Å². The molecular formula is C23H32N2O4S. The largest absolute Gasteiger partial charge is 0.456 e. The van der Waals surface area contributed by atoms with Crippen LogP contribution in [0.4, 0.5) is 5.69 Å². The predicted molar refractivity (Wildman–Crippen MR) is 121 cm³/mol. The van der Waals surface area contributed by atoms with E-state index in [2.05, 4.69) is 18.7 Å². The second-order valence-electron chi connectivity index (χ2n) is 7.04. The van der Waals surface area contributed by atoms with Gasteiger partial charge in [-0.05, 0) is 37.6 Å². The minimum absolute atomic E-state index is 0.217. The summed E-state index contributed by atoms with van der Waals surface area (Å²) in [5.41, 5.74) is 1.07. The maximum absolute atomic E-state index is 13.2. The van der Waals surface area contributed by atoms with Gasteiger partial charge in [0.1, 0.15) is 22.5 Å². The molecule has 0 aliphatic carbocycles. The normalized spacial score (nSPS) is 13.5. The van der Waals surface area contributed by atoms with Gasteiger partial charge in [0.2, 0.25) is 6.79 Å². The van der Waals surface area contributed by atoms with Crippen LogP contribution in [-0.2, 0) is 11.0 Å². The van der Waals surface area contributed by atoms with Crippen LogP contribution >= 0.6 is 0 Å². The summed E-state index contributed by atoms with van der Waals surface area (Å²) in [7, 11) is -1.30. The molecule has 0 aromatic heterocycles. The van der Waals surface area contributed by atoms with Gasteiger partial charge in [-0.2, -0.15) is 0 Å². The number of hydrogen-bond donors (Lipinski definition) is 0. The van der Waals surface area contributed by atoms with Gasteiger partial charge in [0.05, 0.1) is 4.90 Å². The van der Waals surface area contributed by atoms with Crippen LogP contribution in [-0.4, -0.2) is 41.5 Å². The van der Waals surface area contributed by atoms with Crippen molar-refractivity contribution < 1.29 is 18.4 Å². The highest BCUT2D eigenvalue weighted by atomic mass is 32.2. The fraction of sp³-hybridized carbons (Fsp3) is 0.478. The highest BCUT2D eigenvalue weighted by molar-refractivity contribution is 7.82. The molecular weight excluding hydrogens is 400 g/mol. The van der Waals surface area contributed by atoms with Crippen LogP contribution in [0.15, 0.2) is 41.3 Å². The molecule has 3 rings (SSSR count). The summed E-state index contributed by atoms with van der Waals surface area (Å²) in [6.07, 6.45) is 2.26. The van der Waals surface area contributed by atoms with E-state index in [1.54, 1.807) is 0 Å². The highest BCUT2D eigenvalue weighted by Gasteiger charge is 2.20. The predicted octanol–water partition coefficient (Wildman–Crippen LogP) is 5.20. The van der Waals surface area contributed by atoms with Crippen molar-refractivity contribution in [2.75, 3.05) is 37.9 Å². The Morgan fingerprint density at radius 3 is 2.43 bits per heavy atom. The number of unbranched alkanes of at least 4 members (excludes halogenated alkanes) is 1. The zero-order valence-corrected chi connectivity index (χ0v) is 19.2. The third-order valence-corrected chi connectivity index (χ3v) is 6.85. The molecule has 0 spiro atoms. The Labute approximate surface area is 182 Å². The SMILES string of the molecule is CCCCN(CC)c1ccc(S(=O)N(CC)CC)c(Oc2ccc3c(c2)OCO3)c1. The number of anilines is 1. The molecule has 0 fully saturated rings. The number of rotatable bonds is 11. The molecule has 1 atom stereocenters. The van der Waals surface area contributed by atoms with Gasteiger partial charge >= 0.3 is 0 Å². The first-order valence-corrected chi connectivity index (χ1v) is 11.8. The maximum atomic E-state index is 13.2. The zero-order chi connectivity index (χ0) is 21.5. The van der Waals surface area contributed by atoms with Crippen molar-refractivity contribution in [1.29, 1.82) is 0 Å². The molecule has 0 N–H and O–H groups in total. The average Bonchev–Trinajstić information content (AvgIpc) is 3.23. The van der Waals surface area contributed by atoms with E-state index in [1.807, 2.05) is 54.6 Å². The topological polar surface area (TPSA) is 51.2 Å². The molecule has 1 aliphatic rings. The van der Waals surface area contributed by atoms with Gasteiger partial charge in [0.15, 0.2) is 11.5 Å². The molecule has 1 unspecified atom stereocenters. The van der Waals surface area contributed by atoms with Crippen LogP contribution in [0.1, 0.15) is 40.5 Å². The molecule has 30 heavy (non-hydrogen) atoms. The lowest BCUT2D eigenvalue weighted by Gasteiger charge is -2.25. The lowest BCUT2D eigenvalue weighted by molar-refractivity contribution is 0.174. The number of fused-ring (bicyclic) bond motifs is 1. The Hall–Kier alpha value is -2.25. The summed E-state index contributed by atoms with van der Waals surface area (Å²) in [6.45, 7) is 11.9. The molecule has 7 heteroatoms. The zero-order valence-electron chi connectivity index (χ0n) is 18.3. The average molecular weight is 433 g/mol. The Balaban J connectivity index is 1.96. The molecule has 6 nitrogen and oxygen atoms in total. The fourth-order valence-electron chi connectivity index (χ4n) is 3.40. The van der Waals surface area contributed by atoms with Crippen LogP contribution in [0.5, 0.6) is 23.0 Å². The lowest BCUT2D eigenvalue weighted by Crippen LogP contribution is -2.26. The van der Waals surface area contributed by atoms with E-state index in [0.29, 0.717) is 41.0 Å². The summed E-state index contributed by atoms with van der Waals surface area (Å²) in [6, 6.07) is 11.5. The van der Waals surface area contributed by atoms with Crippen molar-refractivity contribution in [2.45, 2.75) is 45.4 Å². The van der Waals surface area contributed by atoms with Crippen LogP contribution in [0.2, 0.25) is 0 Å². The van der Waals surface area contributed by atoms with Gasteiger partial charge < -0.3 is 19.1 Å². The molecule has 0 saturated heterocycles. The highest BCUT2D eigenvalue weighted by Crippen LogP contribution is 2.39. The van der Waals surface area contributed by atoms with Crippen LogP contribution in [0.25, 0.3) is 0 Å². The van der Waals surface area contributed by atoms with E-state index in [1.165, 1.54) is 0 Å². The van der Waals surface area contributed by atoms with E-state index in [-0.39, 0.29) is 6.79 Å². The second-order valence-corrected chi connectivity index (χ2v) is 8.50. The standard InChI is InChI=1S/C23H32N2O4S/c1-5-9-14-24(6-2)18-10-13-23(30(26)25(7-3)8-4)22(15-18)29-19-11-12-20-21(16-19)28-17-27-20/h10-13,15-16H,5-9,14,17H2,1-4H3. The first-order chi connectivity index (χ1) is 14.6. The molecule has 1 heterocycles. The van der Waals surface area contributed by atoms with E-state index < -0.39 is 11.0 Å². The fourth-order valence-corrected chi connectivity index (χ4v) is 4.61. The molecule has 164 valence electrons. The monoisotopic (exact) mass is 432 g/mol. The number of nitrogens with zero attached hydrogens (tertiary/aromatic N) is 2. The summed E-state index contributed by atoms with van der Waals surface area (Å²) in [5.74, 6) is 2.60. The Bertz CT molecular complexity index is 870. The minimum Gasteiger partial charge on any atom is -0.456 e. The molecule has 0 saturated carbocycles.